The summed E-state index contributed by atoms with van der Waals surface area (Å²) in [7, 11) is -0.880. The summed E-state index contributed by atoms with van der Waals surface area (Å²) in [4.78, 5) is 0. The van der Waals surface area contributed by atoms with Crippen molar-refractivity contribution in [1.82, 2.24) is 0 Å². The Morgan fingerprint density at radius 1 is 0.615 bits per heavy atom. The maximum atomic E-state index is 6.92. The van der Waals surface area contributed by atoms with Gasteiger partial charge in [-0.3, -0.25) is 0 Å². The van der Waals surface area contributed by atoms with E-state index in [-0.39, 0.29) is 5.04 Å². The molecule has 3 rings (SSSR count). The zero-order chi connectivity index (χ0) is 18.6. The summed E-state index contributed by atoms with van der Waals surface area (Å²) in [5, 5.41) is 2.50. The second kappa shape index (κ2) is 7.38. The van der Waals surface area contributed by atoms with Gasteiger partial charge in [-0.1, -0.05) is 81.4 Å². The largest absolute Gasteiger partial charge is 0.534 e. The Morgan fingerprint density at radius 2 is 1.04 bits per heavy atom. The maximum Gasteiger partial charge on any atom is 0.319 e. The lowest BCUT2D eigenvalue weighted by atomic mass is 10.2. The molecule has 0 aliphatic heterocycles. The average molecular weight is 363 g/mol. The van der Waals surface area contributed by atoms with Crippen LogP contribution in [-0.2, 0) is 0 Å². The molecule has 0 spiro atoms. The van der Waals surface area contributed by atoms with Crippen LogP contribution in [-0.4, -0.2) is 15.4 Å². The van der Waals surface area contributed by atoms with Crippen LogP contribution in [0.1, 0.15) is 20.8 Å². The van der Waals surface area contributed by atoms with E-state index in [4.69, 9.17) is 9.16 Å². The first-order valence-corrected chi connectivity index (χ1v) is 10.8. The smallest absolute Gasteiger partial charge is 0.319 e. The Hall–Kier alpha value is -2.52. The Kier molecular flexibility index (Phi) is 5.19. The highest BCUT2D eigenvalue weighted by atomic mass is 28.4. The summed E-state index contributed by atoms with van der Waals surface area (Å²) in [6.07, 6.45) is 0. The SMILES string of the molecule is COc1ccc(O[Si](c2ccccc2)(c2ccccc2)C(C)(C)C)cc1. The van der Waals surface area contributed by atoms with Crippen molar-refractivity contribution in [3.63, 3.8) is 0 Å². The van der Waals surface area contributed by atoms with Gasteiger partial charge in [0.25, 0.3) is 0 Å². The molecule has 134 valence electrons. The monoisotopic (exact) mass is 362 g/mol. The molecular formula is C23H26O2Si. The quantitative estimate of drug-likeness (QED) is 0.616. The summed E-state index contributed by atoms with van der Waals surface area (Å²) >= 11 is 0. The van der Waals surface area contributed by atoms with E-state index in [1.807, 2.05) is 24.3 Å². The van der Waals surface area contributed by atoms with Gasteiger partial charge >= 0.3 is 8.32 Å². The molecule has 0 aliphatic carbocycles. The number of methoxy groups -OCH3 is 1. The number of benzene rings is 3. The zero-order valence-electron chi connectivity index (χ0n) is 15.9. The normalized spacial score (nSPS) is 11.8. The van der Waals surface area contributed by atoms with Crippen LogP contribution in [0.25, 0.3) is 0 Å². The van der Waals surface area contributed by atoms with Crippen LogP contribution < -0.4 is 19.5 Å². The van der Waals surface area contributed by atoms with Gasteiger partial charge in [0.1, 0.15) is 11.5 Å². The van der Waals surface area contributed by atoms with Crippen LogP contribution in [0.2, 0.25) is 5.04 Å². The number of hydrogen-bond donors (Lipinski definition) is 0. The molecule has 0 fully saturated rings. The minimum atomic E-state index is -2.56. The third-order valence-corrected chi connectivity index (χ3v) is 9.69. The van der Waals surface area contributed by atoms with Crippen LogP contribution in [0, 0.1) is 0 Å². The van der Waals surface area contributed by atoms with Gasteiger partial charge < -0.3 is 9.16 Å². The van der Waals surface area contributed by atoms with E-state index in [9.17, 15) is 0 Å². The van der Waals surface area contributed by atoms with Crippen LogP contribution in [0.4, 0.5) is 0 Å². The minimum Gasteiger partial charge on any atom is -0.534 e. The molecule has 0 aromatic heterocycles. The molecule has 0 heterocycles. The van der Waals surface area contributed by atoms with Crippen molar-refractivity contribution in [2.45, 2.75) is 25.8 Å². The molecule has 0 radical (unpaired) electrons. The highest BCUT2D eigenvalue weighted by molar-refractivity contribution is 7.00. The molecular weight excluding hydrogens is 336 g/mol. The number of ether oxygens (including phenoxy) is 1. The van der Waals surface area contributed by atoms with E-state index < -0.39 is 8.32 Å². The Bertz CT molecular complexity index is 782. The molecule has 26 heavy (non-hydrogen) atoms. The third kappa shape index (κ3) is 3.40. The standard InChI is InChI=1S/C23H26O2Si/c1-23(2,3)26(21-11-7-5-8-12-21,22-13-9-6-10-14-22)25-20-17-15-19(24-4)16-18-20/h5-18H,1-4H3. The molecule has 3 aromatic rings. The van der Waals surface area contributed by atoms with E-state index in [1.165, 1.54) is 10.4 Å². The molecule has 0 bridgehead atoms. The van der Waals surface area contributed by atoms with Gasteiger partial charge in [0.15, 0.2) is 0 Å². The van der Waals surface area contributed by atoms with Crippen LogP contribution in [0.3, 0.4) is 0 Å². The first-order valence-electron chi connectivity index (χ1n) is 8.91. The minimum absolute atomic E-state index is 0.0460. The fourth-order valence-electron chi connectivity index (χ4n) is 3.47. The highest BCUT2D eigenvalue weighted by Gasteiger charge is 2.52. The Labute approximate surface area is 157 Å². The predicted octanol–water partition coefficient (Wildman–Crippen LogP) is 4.63. The van der Waals surface area contributed by atoms with Gasteiger partial charge in [-0.15, -0.1) is 0 Å². The van der Waals surface area contributed by atoms with Crippen LogP contribution >= 0.6 is 0 Å². The highest BCUT2D eigenvalue weighted by Crippen LogP contribution is 2.37. The van der Waals surface area contributed by atoms with E-state index in [0.717, 1.165) is 11.5 Å². The molecule has 2 nitrogen and oxygen atoms in total. The molecule has 0 amide bonds. The van der Waals surface area contributed by atoms with Gasteiger partial charge in [-0.05, 0) is 39.7 Å². The van der Waals surface area contributed by atoms with E-state index in [2.05, 4.69) is 81.4 Å². The molecule has 3 aromatic carbocycles. The van der Waals surface area contributed by atoms with Crippen molar-refractivity contribution in [3.8, 4) is 11.5 Å². The predicted molar refractivity (Wildman–Crippen MR) is 111 cm³/mol. The van der Waals surface area contributed by atoms with Gasteiger partial charge in [0, 0.05) is 0 Å². The first kappa shape index (κ1) is 18.3. The van der Waals surface area contributed by atoms with Gasteiger partial charge in [-0.25, -0.2) is 0 Å². The van der Waals surface area contributed by atoms with E-state index in [1.54, 1.807) is 7.11 Å². The van der Waals surface area contributed by atoms with Crippen LogP contribution in [0.5, 0.6) is 11.5 Å². The van der Waals surface area contributed by atoms with E-state index in [0.29, 0.717) is 0 Å². The molecule has 0 atom stereocenters. The third-order valence-electron chi connectivity index (χ3n) is 4.75. The lowest BCUT2D eigenvalue weighted by Gasteiger charge is -2.43. The second-order valence-electron chi connectivity index (χ2n) is 7.44. The summed E-state index contributed by atoms with van der Waals surface area (Å²) in [6, 6.07) is 29.2. The van der Waals surface area contributed by atoms with Crippen molar-refractivity contribution in [3.05, 3.63) is 84.9 Å². The Morgan fingerprint density at radius 3 is 1.42 bits per heavy atom. The van der Waals surface area contributed by atoms with Crippen molar-refractivity contribution in [2.24, 2.45) is 0 Å². The molecule has 0 saturated carbocycles. The topological polar surface area (TPSA) is 18.5 Å². The summed E-state index contributed by atoms with van der Waals surface area (Å²) in [5.74, 6) is 1.71. The molecule has 0 saturated heterocycles. The fourth-order valence-corrected chi connectivity index (χ4v) is 7.89. The van der Waals surface area contributed by atoms with Gasteiger partial charge in [0.2, 0.25) is 0 Å². The first-order chi connectivity index (χ1) is 12.5. The average Bonchev–Trinajstić information content (AvgIpc) is 2.67. The molecule has 0 N–H and O–H groups in total. The zero-order valence-corrected chi connectivity index (χ0v) is 16.9. The van der Waals surface area contributed by atoms with Crippen molar-refractivity contribution in [1.29, 1.82) is 0 Å². The molecule has 0 aliphatic rings. The lowest BCUT2D eigenvalue weighted by molar-refractivity contribution is 0.413. The summed E-state index contributed by atoms with van der Waals surface area (Å²) < 4.78 is 12.2. The summed E-state index contributed by atoms with van der Waals surface area (Å²) in [6.45, 7) is 6.84. The van der Waals surface area contributed by atoms with Crippen molar-refractivity contribution in [2.75, 3.05) is 7.11 Å². The molecule has 0 unspecified atom stereocenters. The lowest BCUT2D eigenvalue weighted by Crippen LogP contribution is -2.68. The van der Waals surface area contributed by atoms with Gasteiger partial charge in [0.05, 0.1) is 7.11 Å². The number of rotatable bonds is 5. The van der Waals surface area contributed by atoms with E-state index >= 15 is 0 Å². The van der Waals surface area contributed by atoms with Gasteiger partial charge in [-0.2, -0.15) is 0 Å². The molecule has 3 heteroatoms. The summed E-state index contributed by atoms with van der Waals surface area (Å²) in [5.41, 5.74) is 0. The van der Waals surface area contributed by atoms with Crippen molar-refractivity contribution >= 4 is 18.7 Å². The second-order valence-corrected chi connectivity index (χ2v) is 11.7. The maximum absolute atomic E-state index is 6.92. The van der Waals surface area contributed by atoms with Crippen molar-refractivity contribution < 1.29 is 9.16 Å². The Balaban J connectivity index is 2.19. The fraction of sp³-hybridized carbons (Fsp3) is 0.217. The number of hydrogen-bond acceptors (Lipinski definition) is 2. The van der Waals surface area contributed by atoms with Crippen LogP contribution in [0.15, 0.2) is 84.9 Å².